The minimum Gasteiger partial charge on any atom is -0.377 e. The summed E-state index contributed by atoms with van der Waals surface area (Å²) in [5.41, 5.74) is 2.30. The summed E-state index contributed by atoms with van der Waals surface area (Å²) in [5.74, 6) is 5.82. The first-order valence-electron chi connectivity index (χ1n) is 8.57. The summed E-state index contributed by atoms with van der Waals surface area (Å²) in [7, 11) is 0. The molecule has 1 nitrogen and oxygen atoms in total. The minimum absolute atomic E-state index is 0.0668. The van der Waals surface area contributed by atoms with Gasteiger partial charge in [0.05, 0.1) is 5.69 Å². The Hall–Kier alpha value is -2.20. The zero-order chi connectivity index (χ0) is 18.0. The van der Waals surface area contributed by atoms with E-state index in [1.165, 1.54) is 6.07 Å². The number of hydrogen-bond acceptors (Lipinski definition) is 1. The second-order valence-corrected chi connectivity index (χ2v) is 3.97. The van der Waals surface area contributed by atoms with Gasteiger partial charge >= 0.3 is 0 Å². The molecule has 0 aliphatic carbocycles. The van der Waals surface area contributed by atoms with Crippen molar-refractivity contribution in [2.24, 2.45) is 0 Å². The number of rotatable bonds is 1. The van der Waals surface area contributed by atoms with Gasteiger partial charge in [-0.3, -0.25) is 0 Å². The predicted octanol–water partition coefficient (Wildman–Crippen LogP) is 3.46. The molecular formula is C17H17N. The fraction of sp³-hybridized carbons (Fsp3) is 0.176. The van der Waals surface area contributed by atoms with Gasteiger partial charge in [-0.2, -0.15) is 0 Å². The molecule has 0 N–H and O–H groups in total. The highest BCUT2D eigenvalue weighted by molar-refractivity contribution is 5.61. The van der Waals surface area contributed by atoms with Gasteiger partial charge in [-0.05, 0) is 31.2 Å². The van der Waals surface area contributed by atoms with Crippen molar-refractivity contribution < 1.29 is 8.22 Å². The van der Waals surface area contributed by atoms with E-state index in [1.807, 2.05) is 31.2 Å². The van der Waals surface area contributed by atoms with E-state index in [-0.39, 0.29) is 5.69 Å². The molecule has 0 aliphatic heterocycles. The van der Waals surface area contributed by atoms with Gasteiger partial charge < -0.3 is 4.90 Å². The maximum absolute atomic E-state index is 7.55. The van der Waals surface area contributed by atoms with Crippen molar-refractivity contribution in [3.63, 3.8) is 0 Å². The molecule has 2 aromatic rings. The Bertz CT molecular complexity index is 749. The quantitative estimate of drug-likeness (QED) is 0.691. The predicted molar refractivity (Wildman–Crippen MR) is 77.9 cm³/mol. The third-order valence-electron chi connectivity index (χ3n) is 2.54. The number of hydrogen-bond donors (Lipinski definition) is 0. The van der Waals surface area contributed by atoms with Crippen molar-refractivity contribution in [3.05, 3.63) is 65.2 Å². The fourth-order valence-corrected chi connectivity index (χ4v) is 1.55. The van der Waals surface area contributed by atoms with Crippen molar-refractivity contribution in [2.45, 2.75) is 6.92 Å². The number of anilines is 1. The van der Waals surface area contributed by atoms with Crippen LogP contribution in [0.3, 0.4) is 0 Å². The van der Waals surface area contributed by atoms with Gasteiger partial charge in [-0.1, -0.05) is 41.7 Å². The normalized spacial score (nSPS) is 15.8. The van der Waals surface area contributed by atoms with Gasteiger partial charge in [0.15, 0.2) is 0 Å². The van der Waals surface area contributed by atoms with Crippen molar-refractivity contribution >= 4 is 5.69 Å². The Labute approximate surface area is 118 Å². The maximum atomic E-state index is 7.55. The second kappa shape index (κ2) is 5.42. The molecule has 18 heavy (non-hydrogen) atoms. The van der Waals surface area contributed by atoms with Crippen LogP contribution in [0, 0.1) is 18.8 Å². The smallest absolute Gasteiger partial charge is 0.0520 e. The van der Waals surface area contributed by atoms with E-state index in [0.29, 0.717) is 10.5 Å². The summed E-state index contributed by atoms with van der Waals surface area (Å²) in [4.78, 5) is 0.457. The van der Waals surface area contributed by atoms with E-state index in [1.54, 1.807) is 18.2 Å². The third kappa shape index (κ3) is 2.93. The Morgan fingerprint density at radius 1 is 0.944 bits per heavy atom. The zero-order valence-corrected chi connectivity index (χ0v) is 10.1. The van der Waals surface area contributed by atoms with Crippen LogP contribution in [0.1, 0.15) is 24.9 Å². The Balaban J connectivity index is 2.49. The second-order valence-electron chi connectivity index (χ2n) is 3.97. The van der Waals surface area contributed by atoms with Crippen molar-refractivity contribution in [1.29, 1.82) is 0 Å². The largest absolute Gasteiger partial charge is 0.377 e. The molecule has 0 bridgehead atoms. The van der Waals surface area contributed by atoms with Crippen molar-refractivity contribution in [1.82, 2.24) is 0 Å². The Morgan fingerprint density at radius 3 is 2.39 bits per heavy atom. The molecule has 0 saturated carbocycles. The number of nitrogens with zero attached hydrogens (tertiary/aromatic N) is 1. The van der Waals surface area contributed by atoms with Crippen LogP contribution in [-0.2, 0) is 0 Å². The highest BCUT2D eigenvalue weighted by Gasteiger charge is 1.99. The minimum atomic E-state index is -2.80. The van der Waals surface area contributed by atoms with Crippen LogP contribution in [0.25, 0.3) is 0 Å². The monoisotopic (exact) mass is 241 g/mol. The van der Waals surface area contributed by atoms with Gasteiger partial charge in [0.1, 0.15) is 0 Å². The fourth-order valence-electron chi connectivity index (χ4n) is 1.55. The Kier molecular flexibility index (Phi) is 2.01. The maximum Gasteiger partial charge on any atom is 0.0520 e. The molecule has 1 heteroatoms. The van der Waals surface area contributed by atoms with E-state index in [0.717, 1.165) is 11.1 Å². The van der Waals surface area contributed by atoms with Gasteiger partial charge in [0, 0.05) is 33.3 Å². The van der Waals surface area contributed by atoms with Gasteiger partial charge in [0.25, 0.3) is 0 Å². The summed E-state index contributed by atoms with van der Waals surface area (Å²) in [6.07, 6.45) is 0. The molecule has 2 aromatic carbocycles. The molecule has 0 spiro atoms. The van der Waals surface area contributed by atoms with Crippen LogP contribution in [0.5, 0.6) is 0 Å². The SMILES string of the molecule is [2H]C([2H])([2H])N(c1ccccc1C#Cc1ccc(C)cc1)C([2H])([2H])[2H]. The third-order valence-corrected chi connectivity index (χ3v) is 2.54. The molecule has 0 atom stereocenters. The summed E-state index contributed by atoms with van der Waals surface area (Å²) >= 11 is 0. The van der Waals surface area contributed by atoms with Crippen molar-refractivity contribution in [3.8, 4) is 11.8 Å². The molecule has 0 amide bonds. The highest BCUT2D eigenvalue weighted by Crippen LogP contribution is 2.16. The molecular weight excluding hydrogens is 218 g/mol. The highest BCUT2D eigenvalue weighted by atomic mass is 15.1. The average Bonchev–Trinajstić information content (AvgIpc) is 2.45. The van der Waals surface area contributed by atoms with E-state index >= 15 is 0 Å². The van der Waals surface area contributed by atoms with Gasteiger partial charge in [0.2, 0.25) is 0 Å². The summed E-state index contributed by atoms with van der Waals surface area (Å²) in [5, 5.41) is 0. The molecule has 0 aliphatic rings. The summed E-state index contributed by atoms with van der Waals surface area (Å²) in [6.45, 7) is -3.63. The molecule has 90 valence electrons. The summed E-state index contributed by atoms with van der Waals surface area (Å²) in [6, 6.07) is 13.9. The zero-order valence-electron chi connectivity index (χ0n) is 16.1. The van der Waals surface area contributed by atoms with Crippen LogP contribution in [0.2, 0.25) is 0 Å². The van der Waals surface area contributed by atoms with Crippen LogP contribution in [0.15, 0.2) is 48.5 Å². The van der Waals surface area contributed by atoms with E-state index < -0.39 is 14.0 Å². The Morgan fingerprint density at radius 2 is 1.67 bits per heavy atom. The number of para-hydroxylation sites is 1. The lowest BCUT2D eigenvalue weighted by atomic mass is 10.1. The molecule has 0 heterocycles. The van der Waals surface area contributed by atoms with E-state index in [9.17, 15) is 0 Å². The van der Waals surface area contributed by atoms with E-state index in [4.69, 9.17) is 8.22 Å². The lowest BCUT2D eigenvalue weighted by Gasteiger charge is -2.13. The van der Waals surface area contributed by atoms with Gasteiger partial charge in [-0.15, -0.1) is 0 Å². The van der Waals surface area contributed by atoms with Crippen LogP contribution >= 0.6 is 0 Å². The average molecular weight is 241 g/mol. The van der Waals surface area contributed by atoms with Crippen molar-refractivity contribution in [2.75, 3.05) is 18.9 Å². The molecule has 0 saturated heterocycles. The molecule has 0 fully saturated rings. The number of benzene rings is 2. The molecule has 2 rings (SSSR count). The van der Waals surface area contributed by atoms with Crippen LogP contribution in [0.4, 0.5) is 5.69 Å². The molecule has 0 radical (unpaired) electrons. The summed E-state index contributed by atoms with van der Waals surface area (Å²) < 4.78 is 45.3. The van der Waals surface area contributed by atoms with Crippen LogP contribution in [-0.4, -0.2) is 14.0 Å². The van der Waals surface area contributed by atoms with Gasteiger partial charge in [-0.25, -0.2) is 0 Å². The number of aryl methyl sites for hydroxylation is 1. The van der Waals surface area contributed by atoms with Crippen LogP contribution < -0.4 is 4.90 Å². The first-order chi connectivity index (χ1) is 11.1. The standard InChI is InChI=1S/C17H17N/c1-14-8-10-15(11-9-14)12-13-16-6-4-5-7-17(16)18(2)3/h4-11H,1-3H3/i2D3,3D3. The molecule has 0 unspecified atom stereocenters. The van der Waals surface area contributed by atoms with E-state index in [2.05, 4.69) is 11.8 Å². The lowest BCUT2D eigenvalue weighted by Crippen LogP contribution is -2.09. The molecule has 0 aromatic heterocycles. The first kappa shape index (κ1) is 6.66. The first-order valence-corrected chi connectivity index (χ1v) is 5.57. The topological polar surface area (TPSA) is 3.24 Å². The lowest BCUT2D eigenvalue weighted by molar-refractivity contribution is 1.13.